The van der Waals surface area contributed by atoms with Gasteiger partial charge < -0.3 is 33.3 Å². The lowest BCUT2D eigenvalue weighted by Gasteiger charge is -2.46. The van der Waals surface area contributed by atoms with Crippen LogP contribution in [0.4, 0.5) is 4.39 Å². The molecule has 1 amide bonds. The fourth-order valence-electron chi connectivity index (χ4n) is 4.74. The fraction of sp³-hybridized carbons (Fsp3) is 0.333. The summed E-state index contributed by atoms with van der Waals surface area (Å²) in [7, 11) is 7.45. The Labute approximate surface area is 232 Å². The SMILES string of the molecule is COc1ccc(C(=O)c2cc(OC)c(OC)c(OC)c2)cc1OCCCN1C(=O)[C@@H](OC)[C@H]1c1ccc(F)cc1. The Kier molecular flexibility index (Phi) is 9.11. The molecule has 0 unspecified atom stereocenters. The standard InChI is InChI=1S/C30H32FNO8/c1-35-22-12-9-19(27(33)20-16-24(36-2)28(38-4)25(17-20)37-3)15-23(22)40-14-6-13-32-26(29(39-5)30(32)34)18-7-10-21(31)11-8-18/h7-12,15-17,26,29H,6,13-14H2,1-5H3/t26-,29+/m1/s1. The molecular weight excluding hydrogens is 521 g/mol. The predicted octanol–water partition coefficient (Wildman–Crippen LogP) is 4.46. The molecule has 0 spiro atoms. The molecule has 10 heteroatoms. The maximum atomic E-state index is 13.4. The van der Waals surface area contributed by atoms with E-state index in [2.05, 4.69) is 0 Å². The van der Waals surface area contributed by atoms with Crippen molar-refractivity contribution in [1.82, 2.24) is 4.90 Å². The molecule has 3 aromatic carbocycles. The second-order valence-electron chi connectivity index (χ2n) is 9.00. The molecule has 3 aromatic rings. The third-order valence-corrected chi connectivity index (χ3v) is 6.77. The molecule has 212 valence electrons. The van der Waals surface area contributed by atoms with Gasteiger partial charge in [-0.15, -0.1) is 0 Å². The van der Waals surface area contributed by atoms with Gasteiger partial charge in [0.05, 0.1) is 41.1 Å². The van der Waals surface area contributed by atoms with Crippen molar-refractivity contribution in [3.05, 3.63) is 77.1 Å². The number of hydrogen-bond donors (Lipinski definition) is 0. The number of nitrogens with zero attached hydrogens (tertiary/aromatic N) is 1. The second kappa shape index (κ2) is 12.7. The first-order chi connectivity index (χ1) is 19.4. The number of likely N-dealkylation sites (tertiary alicyclic amines) is 1. The summed E-state index contributed by atoms with van der Waals surface area (Å²) in [6.07, 6.45) is -0.0991. The van der Waals surface area contributed by atoms with Crippen molar-refractivity contribution >= 4 is 11.7 Å². The van der Waals surface area contributed by atoms with Crippen LogP contribution in [0.2, 0.25) is 0 Å². The van der Waals surface area contributed by atoms with Gasteiger partial charge in [-0.05, 0) is 54.4 Å². The topological polar surface area (TPSA) is 92.8 Å². The number of benzene rings is 3. The van der Waals surface area contributed by atoms with Gasteiger partial charge in [0.1, 0.15) is 5.82 Å². The van der Waals surface area contributed by atoms with Crippen molar-refractivity contribution in [1.29, 1.82) is 0 Å². The van der Waals surface area contributed by atoms with E-state index >= 15 is 0 Å². The summed E-state index contributed by atoms with van der Waals surface area (Å²) < 4.78 is 46.2. The number of carbonyl (C=O) groups is 2. The van der Waals surface area contributed by atoms with Crippen LogP contribution in [0.3, 0.4) is 0 Å². The monoisotopic (exact) mass is 553 g/mol. The Balaban J connectivity index is 1.45. The molecule has 9 nitrogen and oxygen atoms in total. The number of ketones is 1. The van der Waals surface area contributed by atoms with Crippen LogP contribution >= 0.6 is 0 Å². The second-order valence-corrected chi connectivity index (χ2v) is 9.00. The number of halogens is 1. The lowest BCUT2D eigenvalue weighted by molar-refractivity contribution is -0.171. The minimum absolute atomic E-state index is 0.132. The van der Waals surface area contributed by atoms with E-state index in [0.717, 1.165) is 5.56 Å². The van der Waals surface area contributed by atoms with Gasteiger partial charge >= 0.3 is 0 Å². The van der Waals surface area contributed by atoms with Gasteiger partial charge in [0.15, 0.2) is 34.9 Å². The van der Waals surface area contributed by atoms with Gasteiger partial charge in [-0.3, -0.25) is 9.59 Å². The fourth-order valence-corrected chi connectivity index (χ4v) is 4.74. The number of ether oxygens (including phenoxy) is 6. The van der Waals surface area contributed by atoms with E-state index in [1.807, 2.05) is 0 Å². The number of methoxy groups -OCH3 is 5. The number of amides is 1. The third kappa shape index (κ3) is 5.67. The maximum Gasteiger partial charge on any atom is 0.254 e. The molecule has 0 aromatic heterocycles. The number of rotatable bonds is 13. The molecule has 4 rings (SSSR count). The van der Waals surface area contributed by atoms with E-state index in [0.29, 0.717) is 52.8 Å². The normalized spacial score (nSPS) is 16.2. The van der Waals surface area contributed by atoms with Crippen LogP contribution in [0.15, 0.2) is 54.6 Å². The van der Waals surface area contributed by atoms with E-state index < -0.39 is 6.10 Å². The van der Waals surface area contributed by atoms with E-state index in [4.69, 9.17) is 28.4 Å². The highest BCUT2D eigenvalue weighted by atomic mass is 19.1. The minimum Gasteiger partial charge on any atom is -0.493 e. The Hall–Kier alpha value is -4.31. The molecule has 2 atom stereocenters. The molecule has 0 radical (unpaired) electrons. The highest BCUT2D eigenvalue weighted by Gasteiger charge is 2.48. The quantitative estimate of drug-likeness (QED) is 0.174. The Bertz CT molecular complexity index is 1340. The predicted molar refractivity (Wildman–Crippen MR) is 144 cm³/mol. The Morgan fingerprint density at radius 2 is 1.43 bits per heavy atom. The van der Waals surface area contributed by atoms with Gasteiger partial charge in [0.2, 0.25) is 5.75 Å². The molecule has 1 fully saturated rings. The molecule has 0 aliphatic carbocycles. The lowest BCUT2D eigenvalue weighted by atomic mass is 9.90. The van der Waals surface area contributed by atoms with Gasteiger partial charge in [-0.1, -0.05) is 12.1 Å². The van der Waals surface area contributed by atoms with Crippen LogP contribution in [-0.4, -0.2) is 71.4 Å². The van der Waals surface area contributed by atoms with Crippen LogP contribution in [0.25, 0.3) is 0 Å². The molecule has 1 aliphatic heterocycles. The first-order valence-electron chi connectivity index (χ1n) is 12.6. The molecule has 0 bridgehead atoms. The third-order valence-electron chi connectivity index (χ3n) is 6.77. The molecule has 0 N–H and O–H groups in total. The summed E-state index contributed by atoms with van der Waals surface area (Å²) >= 11 is 0. The zero-order chi connectivity index (χ0) is 28.8. The van der Waals surface area contributed by atoms with Crippen LogP contribution in [0, 0.1) is 5.82 Å². The van der Waals surface area contributed by atoms with E-state index in [1.165, 1.54) is 47.7 Å². The van der Waals surface area contributed by atoms with Crippen LogP contribution < -0.4 is 23.7 Å². The molecule has 40 heavy (non-hydrogen) atoms. The zero-order valence-electron chi connectivity index (χ0n) is 23.1. The number of β-lactam (4-membered cyclic amide) rings is 1. The molecule has 0 saturated carbocycles. The Morgan fingerprint density at radius 1 is 0.800 bits per heavy atom. The zero-order valence-corrected chi connectivity index (χ0v) is 23.1. The summed E-state index contributed by atoms with van der Waals surface area (Å²) in [4.78, 5) is 27.6. The van der Waals surface area contributed by atoms with Crippen LogP contribution in [-0.2, 0) is 9.53 Å². The van der Waals surface area contributed by atoms with Crippen LogP contribution in [0.5, 0.6) is 28.7 Å². The summed E-state index contributed by atoms with van der Waals surface area (Å²) in [5.74, 6) is 1.22. The Morgan fingerprint density at radius 3 is 2.00 bits per heavy atom. The highest BCUT2D eigenvalue weighted by Crippen LogP contribution is 2.40. The van der Waals surface area contributed by atoms with Crippen molar-refractivity contribution in [2.24, 2.45) is 0 Å². The highest BCUT2D eigenvalue weighted by molar-refractivity contribution is 6.10. The van der Waals surface area contributed by atoms with E-state index in [1.54, 1.807) is 47.4 Å². The first kappa shape index (κ1) is 28.7. The summed E-state index contributed by atoms with van der Waals surface area (Å²) in [6.45, 7) is 0.670. The molecule has 1 heterocycles. The van der Waals surface area contributed by atoms with E-state index in [9.17, 15) is 14.0 Å². The largest absolute Gasteiger partial charge is 0.493 e. The van der Waals surface area contributed by atoms with Crippen molar-refractivity contribution < 1.29 is 42.4 Å². The summed E-state index contributed by atoms with van der Waals surface area (Å²) in [5, 5.41) is 0. The maximum absolute atomic E-state index is 13.4. The van der Waals surface area contributed by atoms with Crippen molar-refractivity contribution in [3.8, 4) is 28.7 Å². The van der Waals surface area contributed by atoms with Gasteiger partial charge in [0, 0.05) is 24.8 Å². The van der Waals surface area contributed by atoms with Crippen molar-refractivity contribution in [3.63, 3.8) is 0 Å². The minimum atomic E-state index is -0.607. The molecule has 1 saturated heterocycles. The van der Waals surface area contributed by atoms with Gasteiger partial charge in [-0.25, -0.2) is 4.39 Å². The summed E-state index contributed by atoms with van der Waals surface area (Å²) in [5.41, 5.74) is 1.53. The van der Waals surface area contributed by atoms with Gasteiger partial charge in [-0.2, -0.15) is 0 Å². The molecular formula is C30H32FNO8. The summed E-state index contributed by atoms with van der Waals surface area (Å²) in [6, 6.07) is 13.8. The molecule has 1 aliphatic rings. The first-order valence-corrected chi connectivity index (χ1v) is 12.6. The average molecular weight is 554 g/mol. The number of carbonyl (C=O) groups excluding carboxylic acids is 2. The van der Waals surface area contributed by atoms with Crippen molar-refractivity contribution in [2.75, 3.05) is 48.7 Å². The smallest absolute Gasteiger partial charge is 0.254 e. The van der Waals surface area contributed by atoms with E-state index in [-0.39, 0.29) is 30.2 Å². The number of hydrogen-bond acceptors (Lipinski definition) is 8. The van der Waals surface area contributed by atoms with Crippen molar-refractivity contribution in [2.45, 2.75) is 18.6 Å². The average Bonchev–Trinajstić information content (AvgIpc) is 2.98. The van der Waals surface area contributed by atoms with Crippen LogP contribution in [0.1, 0.15) is 33.9 Å². The lowest BCUT2D eigenvalue weighted by Crippen LogP contribution is -2.59. The van der Waals surface area contributed by atoms with Gasteiger partial charge in [0.25, 0.3) is 5.91 Å².